The van der Waals surface area contributed by atoms with Crippen LogP contribution in [0.2, 0.25) is 0 Å². The van der Waals surface area contributed by atoms with Gasteiger partial charge in [-0.2, -0.15) is 4.98 Å². The summed E-state index contributed by atoms with van der Waals surface area (Å²) in [6.07, 6.45) is 0. The molecule has 0 saturated carbocycles. The molecule has 0 spiro atoms. The van der Waals surface area contributed by atoms with Crippen molar-refractivity contribution in [2.75, 3.05) is 18.1 Å². The van der Waals surface area contributed by atoms with Crippen LogP contribution in [0.15, 0.2) is 4.79 Å². The minimum Gasteiger partial charge on any atom is -0.384 e. The number of carbonyl (C=O) groups excluding carboxylic acids is 1. The van der Waals surface area contributed by atoms with Crippen molar-refractivity contribution in [3.8, 4) is 0 Å². The van der Waals surface area contributed by atoms with Crippen LogP contribution in [-0.2, 0) is 0 Å². The maximum atomic E-state index is 10.9. The molecule has 0 aliphatic carbocycles. The summed E-state index contributed by atoms with van der Waals surface area (Å²) >= 11 is 0. The maximum Gasteiger partial charge on any atom is 0.348 e. The Morgan fingerprint density at radius 2 is 2.23 bits per heavy atom. The zero-order valence-electron chi connectivity index (χ0n) is 6.92. The molecule has 6 N–H and O–H groups in total. The van der Waals surface area contributed by atoms with Gasteiger partial charge in [0.15, 0.2) is 0 Å². The Kier molecular flexibility index (Phi) is 2.18. The average molecular weight is 183 g/mol. The molecule has 0 saturated heterocycles. The van der Waals surface area contributed by atoms with Crippen LogP contribution in [0.1, 0.15) is 10.4 Å². The fourth-order valence-corrected chi connectivity index (χ4v) is 0.921. The summed E-state index contributed by atoms with van der Waals surface area (Å²) in [7, 11) is 1.51. The van der Waals surface area contributed by atoms with Gasteiger partial charge in [0, 0.05) is 7.05 Å². The molecule has 7 nitrogen and oxygen atoms in total. The predicted molar refractivity (Wildman–Crippen MR) is 47.3 cm³/mol. The first-order valence-electron chi connectivity index (χ1n) is 3.43. The van der Waals surface area contributed by atoms with Gasteiger partial charge in [-0.1, -0.05) is 0 Å². The number of carbonyl (C=O) groups is 1. The van der Waals surface area contributed by atoms with Gasteiger partial charge < -0.3 is 16.8 Å². The number of nitrogen functional groups attached to an aromatic ring is 1. The molecule has 13 heavy (non-hydrogen) atoms. The van der Waals surface area contributed by atoms with Gasteiger partial charge in [0.2, 0.25) is 0 Å². The number of nitrogens with one attached hydrogen (secondary N) is 2. The van der Waals surface area contributed by atoms with Crippen molar-refractivity contribution in [1.82, 2.24) is 9.97 Å². The van der Waals surface area contributed by atoms with Crippen LogP contribution in [0.25, 0.3) is 0 Å². The SMILES string of the molecule is CNc1nc(=O)[nH]c(N)c1C(N)=O. The molecular weight excluding hydrogens is 174 g/mol. The van der Waals surface area contributed by atoms with E-state index in [1.54, 1.807) is 0 Å². The topological polar surface area (TPSA) is 127 Å². The van der Waals surface area contributed by atoms with Crippen molar-refractivity contribution >= 4 is 17.5 Å². The first-order valence-corrected chi connectivity index (χ1v) is 3.43. The molecular formula is C6H9N5O2. The van der Waals surface area contributed by atoms with Crippen LogP contribution in [0.4, 0.5) is 11.6 Å². The van der Waals surface area contributed by atoms with Gasteiger partial charge in [0.25, 0.3) is 5.91 Å². The van der Waals surface area contributed by atoms with E-state index in [-0.39, 0.29) is 17.2 Å². The molecule has 0 aliphatic rings. The Balaban J connectivity index is 3.47. The van der Waals surface area contributed by atoms with Crippen molar-refractivity contribution in [2.45, 2.75) is 0 Å². The monoisotopic (exact) mass is 183 g/mol. The summed E-state index contributed by atoms with van der Waals surface area (Å²) in [6.45, 7) is 0. The standard InChI is InChI=1S/C6H9N5O2/c1-9-5-2(4(8)12)3(7)10-6(13)11-5/h1H3,(H2,8,12)(H4,7,9,10,11,13). The van der Waals surface area contributed by atoms with Crippen molar-refractivity contribution in [3.63, 3.8) is 0 Å². The number of H-pyrrole nitrogens is 1. The van der Waals surface area contributed by atoms with Gasteiger partial charge in [0.1, 0.15) is 17.2 Å². The number of hydrogen-bond donors (Lipinski definition) is 4. The zero-order chi connectivity index (χ0) is 10.0. The number of aromatic nitrogens is 2. The number of rotatable bonds is 2. The molecule has 0 atom stereocenters. The lowest BCUT2D eigenvalue weighted by atomic mass is 10.2. The predicted octanol–water partition coefficient (Wildman–Crippen LogP) is -1.51. The van der Waals surface area contributed by atoms with Gasteiger partial charge in [-0.25, -0.2) is 4.79 Å². The number of aromatic amines is 1. The molecule has 0 aliphatic heterocycles. The van der Waals surface area contributed by atoms with Crippen molar-refractivity contribution in [2.24, 2.45) is 5.73 Å². The van der Waals surface area contributed by atoms with Crippen LogP contribution in [0, 0.1) is 0 Å². The molecule has 70 valence electrons. The lowest BCUT2D eigenvalue weighted by Crippen LogP contribution is -2.23. The Bertz CT molecular complexity index is 397. The first kappa shape index (κ1) is 9.04. The smallest absolute Gasteiger partial charge is 0.348 e. The van der Waals surface area contributed by atoms with E-state index in [1.807, 2.05) is 0 Å². The second-order valence-electron chi connectivity index (χ2n) is 2.29. The number of amides is 1. The third kappa shape index (κ3) is 1.58. The molecule has 0 fully saturated rings. The maximum absolute atomic E-state index is 10.9. The molecule has 1 amide bonds. The van der Waals surface area contributed by atoms with Crippen molar-refractivity contribution < 1.29 is 4.79 Å². The summed E-state index contributed by atoms with van der Waals surface area (Å²) in [4.78, 5) is 27.3. The highest BCUT2D eigenvalue weighted by molar-refractivity contribution is 6.01. The van der Waals surface area contributed by atoms with Crippen LogP contribution >= 0.6 is 0 Å². The second-order valence-corrected chi connectivity index (χ2v) is 2.29. The van der Waals surface area contributed by atoms with E-state index in [9.17, 15) is 9.59 Å². The number of nitrogens with zero attached hydrogens (tertiary/aromatic N) is 1. The van der Waals surface area contributed by atoms with Crippen LogP contribution in [-0.4, -0.2) is 22.9 Å². The van der Waals surface area contributed by atoms with E-state index in [2.05, 4.69) is 15.3 Å². The zero-order valence-corrected chi connectivity index (χ0v) is 6.92. The van der Waals surface area contributed by atoms with E-state index in [4.69, 9.17) is 11.5 Å². The Hall–Kier alpha value is -2.05. The number of anilines is 2. The molecule has 1 aromatic rings. The lowest BCUT2D eigenvalue weighted by Gasteiger charge is -2.05. The van der Waals surface area contributed by atoms with E-state index in [0.717, 1.165) is 0 Å². The Morgan fingerprint density at radius 1 is 1.62 bits per heavy atom. The Morgan fingerprint density at radius 3 is 2.69 bits per heavy atom. The largest absolute Gasteiger partial charge is 0.384 e. The van der Waals surface area contributed by atoms with E-state index in [1.165, 1.54) is 7.05 Å². The van der Waals surface area contributed by atoms with E-state index >= 15 is 0 Å². The average Bonchev–Trinajstić information content (AvgIpc) is 2.01. The molecule has 1 heterocycles. The molecule has 0 unspecified atom stereocenters. The van der Waals surface area contributed by atoms with Crippen molar-refractivity contribution in [3.05, 3.63) is 16.0 Å². The number of nitrogens with two attached hydrogens (primary N) is 2. The third-order valence-electron chi connectivity index (χ3n) is 1.44. The fourth-order valence-electron chi connectivity index (χ4n) is 0.921. The summed E-state index contributed by atoms with van der Waals surface area (Å²) in [5.41, 5.74) is 9.74. The van der Waals surface area contributed by atoms with Crippen LogP contribution in [0.5, 0.6) is 0 Å². The normalized spacial score (nSPS) is 9.62. The molecule has 0 aromatic carbocycles. The molecule has 0 radical (unpaired) electrons. The quantitative estimate of drug-likeness (QED) is 0.443. The van der Waals surface area contributed by atoms with Gasteiger partial charge in [-0.3, -0.25) is 9.78 Å². The number of primary amides is 1. The first-order chi connectivity index (χ1) is 6.06. The highest BCUT2D eigenvalue weighted by Gasteiger charge is 2.13. The summed E-state index contributed by atoms with van der Waals surface area (Å²) in [5.74, 6) is -0.754. The summed E-state index contributed by atoms with van der Waals surface area (Å²) < 4.78 is 0. The minimum atomic E-state index is -0.745. The van der Waals surface area contributed by atoms with Crippen LogP contribution < -0.4 is 22.5 Å². The Labute approximate surface area is 73.2 Å². The second kappa shape index (κ2) is 3.13. The van der Waals surface area contributed by atoms with E-state index < -0.39 is 11.6 Å². The highest BCUT2D eigenvalue weighted by atomic mass is 16.1. The molecule has 1 aromatic heterocycles. The van der Waals surface area contributed by atoms with Gasteiger partial charge >= 0.3 is 5.69 Å². The van der Waals surface area contributed by atoms with Gasteiger partial charge in [0.05, 0.1) is 0 Å². The molecule has 7 heteroatoms. The summed E-state index contributed by atoms with van der Waals surface area (Å²) in [6, 6.07) is 0. The molecule has 0 bridgehead atoms. The summed E-state index contributed by atoms with van der Waals surface area (Å²) in [5, 5.41) is 2.55. The lowest BCUT2D eigenvalue weighted by molar-refractivity contribution is 0.100. The van der Waals surface area contributed by atoms with Crippen molar-refractivity contribution in [1.29, 1.82) is 0 Å². The molecule has 1 rings (SSSR count). The minimum absolute atomic E-state index is 0.0119. The van der Waals surface area contributed by atoms with Gasteiger partial charge in [-0.15, -0.1) is 0 Å². The van der Waals surface area contributed by atoms with E-state index in [0.29, 0.717) is 0 Å². The highest BCUT2D eigenvalue weighted by Crippen LogP contribution is 2.13. The van der Waals surface area contributed by atoms with Crippen LogP contribution in [0.3, 0.4) is 0 Å². The van der Waals surface area contributed by atoms with Gasteiger partial charge in [-0.05, 0) is 0 Å². The fraction of sp³-hybridized carbons (Fsp3) is 0.167. The number of hydrogen-bond acceptors (Lipinski definition) is 5. The third-order valence-corrected chi connectivity index (χ3v) is 1.44.